The molecule has 0 saturated heterocycles. The molecule has 0 aliphatic rings. The van der Waals surface area contributed by atoms with Crippen molar-refractivity contribution in [2.45, 2.75) is 13.1 Å². The third-order valence-electron chi connectivity index (χ3n) is 2.05. The number of nitrogens with two attached hydrogens (primary N) is 1. The fourth-order valence-electron chi connectivity index (χ4n) is 1.27. The molecule has 0 spiro atoms. The molecule has 0 atom stereocenters. The Morgan fingerprint density at radius 2 is 2.47 bits per heavy atom. The van der Waals surface area contributed by atoms with Crippen LogP contribution in [0.4, 0.5) is 5.13 Å². The molecule has 80 valence electrons. The number of rotatable bonds is 4. The van der Waals surface area contributed by atoms with Gasteiger partial charge in [0.15, 0.2) is 5.13 Å². The van der Waals surface area contributed by atoms with Gasteiger partial charge in [0.1, 0.15) is 5.76 Å². The van der Waals surface area contributed by atoms with E-state index in [1.807, 2.05) is 29.5 Å². The maximum Gasteiger partial charge on any atom is 0.185 e. The van der Waals surface area contributed by atoms with Crippen LogP contribution >= 0.6 is 11.3 Å². The Hall–Kier alpha value is -1.33. The van der Waals surface area contributed by atoms with E-state index in [4.69, 9.17) is 10.2 Å². The highest BCUT2D eigenvalue weighted by molar-refractivity contribution is 7.13. The van der Waals surface area contributed by atoms with Crippen LogP contribution in [0.25, 0.3) is 0 Å². The van der Waals surface area contributed by atoms with E-state index in [1.165, 1.54) is 0 Å². The molecule has 0 aromatic carbocycles. The lowest BCUT2D eigenvalue weighted by molar-refractivity contribution is 0.507. The second-order valence-electron chi connectivity index (χ2n) is 3.26. The molecule has 2 aromatic heterocycles. The molecule has 2 rings (SSSR count). The number of furan rings is 1. The standard InChI is InChI=1S/C10H13N3OS/c1-13(6-9-3-2-4-14-9)10-12-8(5-11)7-15-10/h2-4,7H,5-6,11H2,1H3. The van der Waals surface area contributed by atoms with E-state index >= 15 is 0 Å². The first kappa shape index (κ1) is 10.2. The van der Waals surface area contributed by atoms with Gasteiger partial charge in [-0.2, -0.15) is 0 Å². The average Bonchev–Trinajstić information content (AvgIpc) is 2.86. The van der Waals surface area contributed by atoms with Crippen LogP contribution in [0.15, 0.2) is 28.2 Å². The highest BCUT2D eigenvalue weighted by atomic mass is 32.1. The summed E-state index contributed by atoms with van der Waals surface area (Å²) in [7, 11) is 1.99. The van der Waals surface area contributed by atoms with Crippen LogP contribution in [-0.4, -0.2) is 12.0 Å². The zero-order valence-corrected chi connectivity index (χ0v) is 9.33. The third-order valence-corrected chi connectivity index (χ3v) is 3.05. The van der Waals surface area contributed by atoms with Crippen molar-refractivity contribution in [3.05, 3.63) is 35.2 Å². The van der Waals surface area contributed by atoms with E-state index in [9.17, 15) is 0 Å². The van der Waals surface area contributed by atoms with Gasteiger partial charge in [-0.25, -0.2) is 4.98 Å². The molecular weight excluding hydrogens is 210 g/mol. The Labute approximate surface area is 92.3 Å². The Morgan fingerprint density at radius 3 is 3.07 bits per heavy atom. The minimum Gasteiger partial charge on any atom is -0.467 e. The lowest BCUT2D eigenvalue weighted by atomic mass is 10.4. The maximum atomic E-state index is 5.51. The van der Waals surface area contributed by atoms with Gasteiger partial charge in [-0.1, -0.05) is 0 Å². The molecule has 15 heavy (non-hydrogen) atoms. The topological polar surface area (TPSA) is 55.3 Å². The quantitative estimate of drug-likeness (QED) is 0.859. The molecule has 4 nitrogen and oxygen atoms in total. The summed E-state index contributed by atoms with van der Waals surface area (Å²) in [6.45, 7) is 1.22. The van der Waals surface area contributed by atoms with E-state index in [0.717, 1.165) is 23.1 Å². The predicted molar refractivity (Wildman–Crippen MR) is 60.8 cm³/mol. The van der Waals surface area contributed by atoms with Crippen molar-refractivity contribution in [2.24, 2.45) is 5.73 Å². The molecular formula is C10H13N3OS. The molecule has 2 N–H and O–H groups in total. The first-order valence-corrected chi connectivity index (χ1v) is 5.55. The normalized spacial score (nSPS) is 10.5. The molecule has 0 aliphatic carbocycles. The number of hydrogen-bond acceptors (Lipinski definition) is 5. The Balaban J connectivity index is 2.04. The van der Waals surface area contributed by atoms with E-state index in [-0.39, 0.29) is 0 Å². The van der Waals surface area contributed by atoms with E-state index in [2.05, 4.69) is 4.98 Å². The van der Waals surface area contributed by atoms with Crippen molar-refractivity contribution in [1.29, 1.82) is 0 Å². The monoisotopic (exact) mass is 223 g/mol. The maximum absolute atomic E-state index is 5.51. The molecule has 0 amide bonds. The fraction of sp³-hybridized carbons (Fsp3) is 0.300. The lowest BCUT2D eigenvalue weighted by Gasteiger charge is -2.13. The van der Waals surface area contributed by atoms with Crippen LogP contribution in [-0.2, 0) is 13.1 Å². The van der Waals surface area contributed by atoms with Gasteiger partial charge in [0, 0.05) is 19.0 Å². The summed E-state index contributed by atoms with van der Waals surface area (Å²) in [5, 5.41) is 2.94. The summed E-state index contributed by atoms with van der Waals surface area (Å²) in [6, 6.07) is 3.84. The summed E-state index contributed by atoms with van der Waals surface area (Å²) in [6.07, 6.45) is 1.68. The van der Waals surface area contributed by atoms with Crippen LogP contribution in [0.2, 0.25) is 0 Å². The minimum atomic E-state index is 0.491. The summed E-state index contributed by atoms with van der Waals surface area (Å²) >= 11 is 1.60. The Bertz CT molecular complexity index is 410. The molecule has 0 unspecified atom stereocenters. The van der Waals surface area contributed by atoms with E-state index in [1.54, 1.807) is 17.6 Å². The van der Waals surface area contributed by atoms with Gasteiger partial charge < -0.3 is 15.1 Å². The van der Waals surface area contributed by atoms with Gasteiger partial charge in [0.05, 0.1) is 18.5 Å². The summed E-state index contributed by atoms with van der Waals surface area (Å²) in [5.74, 6) is 0.932. The number of hydrogen-bond donors (Lipinski definition) is 1. The first-order chi connectivity index (χ1) is 7.29. The van der Waals surface area contributed by atoms with Crippen molar-refractivity contribution in [3.8, 4) is 0 Å². The molecule has 2 aromatic rings. The second kappa shape index (κ2) is 4.46. The van der Waals surface area contributed by atoms with Crippen molar-refractivity contribution in [3.63, 3.8) is 0 Å². The van der Waals surface area contributed by atoms with Crippen molar-refractivity contribution >= 4 is 16.5 Å². The van der Waals surface area contributed by atoms with Crippen LogP contribution < -0.4 is 10.6 Å². The van der Waals surface area contributed by atoms with Gasteiger partial charge in [0.2, 0.25) is 0 Å². The number of thiazole rings is 1. The average molecular weight is 223 g/mol. The smallest absolute Gasteiger partial charge is 0.185 e. The molecule has 0 radical (unpaired) electrons. The van der Waals surface area contributed by atoms with Crippen LogP contribution in [0.1, 0.15) is 11.5 Å². The van der Waals surface area contributed by atoms with E-state index < -0.39 is 0 Å². The molecule has 0 saturated carbocycles. The van der Waals surface area contributed by atoms with Crippen molar-refractivity contribution in [2.75, 3.05) is 11.9 Å². The van der Waals surface area contributed by atoms with Gasteiger partial charge >= 0.3 is 0 Å². The summed E-state index contributed by atoms with van der Waals surface area (Å²) < 4.78 is 5.27. The van der Waals surface area contributed by atoms with Gasteiger partial charge in [-0.05, 0) is 12.1 Å². The van der Waals surface area contributed by atoms with E-state index in [0.29, 0.717) is 6.54 Å². The van der Waals surface area contributed by atoms with Crippen LogP contribution in [0, 0.1) is 0 Å². The zero-order chi connectivity index (χ0) is 10.7. The molecule has 0 fully saturated rings. The number of aromatic nitrogens is 1. The van der Waals surface area contributed by atoms with Crippen LogP contribution in [0.5, 0.6) is 0 Å². The minimum absolute atomic E-state index is 0.491. The molecule has 5 heteroatoms. The van der Waals surface area contributed by atoms with Crippen molar-refractivity contribution < 1.29 is 4.42 Å². The molecule has 0 bridgehead atoms. The lowest BCUT2D eigenvalue weighted by Crippen LogP contribution is -2.15. The summed E-state index contributed by atoms with van der Waals surface area (Å²) in [5.41, 5.74) is 6.44. The number of nitrogens with zero attached hydrogens (tertiary/aromatic N) is 2. The van der Waals surface area contributed by atoms with Gasteiger partial charge in [0.25, 0.3) is 0 Å². The third kappa shape index (κ3) is 2.37. The molecule has 2 heterocycles. The summed E-state index contributed by atoms with van der Waals surface area (Å²) in [4.78, 5) is 6.43. The zero-order valence-electron chi connectivity index (χ0n) is 8.51. The fourth-order valence-corrected chi connectivity index (χ4v) is 2.07. The van der Waals surface area contributed by atoms with Crippen LogP contribution in [0.3, 0.4) is 0 Å². The van der Waals surface area contributed by atoms with Gasteiger partial charge in [-0.15, -0.1) is 11.3 Å². The molecule has 0 aliphatic heterocycles. The first-order valence-electron chi connectivity index (χ1n) is 4.67. The largest absolute Gasteiger partial charge is 0.467 e. The van der Waals surface area contributed by atoms with Gasteiger partial charge in [-0.3, -0.25) is 0 Å². The predicted octanol–water partition coefficient (Wildman–Crippen LogP) is 1.83. The van der Waals surface area contributed by atoms with Crippen molar-refractivity contribution in [1.82, 2.24) is 4.98 Å². The number of anilines is 1. The highest BCUT2D eigenvalue weighted by Crippen LogP contribution is 2.20. The second-order valence-corrected chi connectivity index (χ2v) is 4.10. The Morgan fingerprint density at radius 1 is 1.60 bits per heavy atom. The SMILES string of the molecule is CN(Cc1ccco1)c1nc(CN)cs1. The Kier molecular flexibility index (Phi) is 3.03. The highest BCUT2D eigenvalue weighted by Gasteiger charge is 2.07.